The van der Waals surface area contributed by atoms with Gasteiger partial charge in [0.2, 0.25) is 0 Å². The molecule has 0 spiro atoms. The fraction of sp³-hybridized carbons (Fsp3) is 0.250. The molecule has 0 aliphatic carbocycles. The number of hydrogen-bond acceptors (Lipinski definition) is 4. The molecular formula is C12H12FN3O2S. The zero-order valence-corrected chi connectivity index (χ0v) is 10.8. The van der Waals surface area contributed by atoms with Crippen LogP contribution in [0.5, 0.6) is 0 Å². The largest absolute Gasteiger partial charge is 0.481 e. The molecule has 0 saturated heterocycles. The molecule has 0 aliphatic heterocycles. The van der Waals surface area contributed by atoms with E-state index in [0.717, 1.165) is 17.3 Å². The van der Waals surface area contributed by atoms with Crippen LogP contribution in [-0.2, 0) is 17.8 Å². The summed E-state index contributed by atoms with van der Waals surface area (Å²) in [5.41, 5.74) is 0.878. The maximum atomic E-state index is 13.0. The quantitative estimate of drug-likeness (QED) is 0.818. The van der Waals surface area contributed by atoms with Crippen LogP contribution in [0.4, 0.5) is 4.39 Å². The summed E-state index contributed by atoms with van der Waals surface area (Å²) in [4.78, 5) is 10.5. The fourth-order valence-electron chi connectivity index (χ4n) is 1.58. The summed E-state index contributed by atoms with van der Waals surface area (Å²) in [7, 11) is 0. The highest BCUT2D eigenvalue weighted by atomic mass is 32.2. The van der Waals surface area contributed by atoms with Gasteiger partial charge in [0.05, 0.1) is 5.75 Å². The van der Waals surface area contributed by atoms with Gasteiger partial charge in [-0.3, -0.25) is 4.79 Å². The lowest BCUT2D eigenvalue weighted by molar-refractivity contribution is -0.133. The van der Waals surface area contributed by atoms with Crippen LogP contribution >= 0.6 is 11.8 Å². The van der Waals surface area contributed by atoms with Crippen molar-refractivity contribution in [3.63, 3.8) is 0 Å². The highest BCUT2D eigenvalue weighted by molar-refractivity contribution is 7.99. The molecule has 1 heterocycles. The number of carboxylic acid groups (broad SMARTS) is 1. The van der Waals surface area contributed by atoms with Crippen molar-refractivity contribution in [1.82, 2.24) is 14.8 Å². The molecule has 0 unspecified atom stereocenters. The molecular weight excluding hydrogens is 269 g/mol. The molecule has 7 heteroatoms. The Labute approximate surface area is 113 Å². The first-order valence-corrected chi connectivity index (χ1v) is 6.60. The number of aliphatic carboxylic acids is 1. The van der Waals surface area contributed by atoms with Gasteiger partial charge in [-0.1, -0.05) is 23.9 Å². The number of aryl methyl sites for hydroxylation is 2. The van der Waals surface area contributed by atoms with Gasteiger partial charge in [-0.05, 0) is 24.1 Å². The van der Waals surface area contributed by atoms with Crippen LogP contribution in [-0.4, -0.2) is 31.6 Å². The van der Waals surface area contributed by atoms with Crippen LogP contribution in [0.15, 0.2) is 35.7 Å². The first kappa shape index (κ1) is 13.5. The second kappa shape index (κ2) is 6.33. The van der Waals surface area contributed by atoms with Crippen molar-refractivity contribution in [2.75, 3.05) is 5.75 Å². The van der Waals surface area contributed by atoms with E-state index in [1.165, 1.54) is 12.1 Å². The molecule has 100 valence electrons. The highest BCUT2D eigenvalue weighted by Gasteiger charge is 2.07. The maximum Gasteiger partial charge on any atom is 0.313 e. The standard InChI is InChI=1S/C12H12FN3O2S/c13-10-3-1-2-9(6-10)4-5-16-8-14-15-12(16)19-7-11(17)18/h1-3,6,8H,4-5,7H2,(H,17,18). The van der Waals surface area contributed by atoms with E-state index in [2.05, 4.69) is 10.2 Å². The van der Waals surface area contributed by atoms with Gasteiger partial charge in [0.1, 0.15) is 12.1 Å². The Hall–Kier alpha value is -1.89. The molecule has 5 nitrogen and oxygen atoms in total. The number of rotatable bonds is 6. The number of carbonyl (C=O) groups is 1. The van der Waals surface area contributed by atoms with E-state index in [1.807, 2.05) is 6.07 Å². The third kappa shape index (κ3) is 4.06. The summed E-state index contributed by atoms with van der Waals surface area (Å²) in [6.45, 7) is 0.582. The Morgan fingerprint density at radius 2 is 2.32 bits per heavy atom. The van der Waals surface area contributed by atoms with E-state index in [9.17, 15) is 9.18 Å². The van der Waals surface area contributed by atoms with Crippen molar-refractivity contribution in [2.24, 2.45) is 0 Å². The normalized spacial score (nSPS) is 10.6. The molecule has 1 N–H and O–H groups in total. The van der Waals surface area contributed by atoms with Crippen LogP contribution in [0.1, 0.15) is 5.56 Å². The van der Waals surface area contributed by atoms with Crippen molar-refractivity contribution in [3.05, 3.63) is 42.0 Å². The van der Waals surface area contributed by atoms with Crippen LogP contribution in [0.2, 0.25) is 0 Å². The number of halogens is 1. The second-order valence-corrected chi connectivity index (χ2v) is 4.81. The smallest absolute Gasteiger partial charge is 0.313 e. The van der Waals surface area contributed by atoms with E-state index in [4.69, 9.17) is 5.11 Å². The van der Waals surface area contributed by atoms with E-state index in [1.54, 1.807) is 17.0 Å². The molecule has 1 aromatic carbocycles. The predicted molar refractivity (Wildman–Crippen MR) is 68.5 cm³/mol. The van der Waals surface area contributed by atoms with Gasteiger partial charge in [0, 0.05) is 6.54 Å². The first-order chi connectivity index (χ1) is 9.15. The minimum atomic E-state index is -0.898. The van der Waals surface area contributed by atoms with Gasteiger partial charge >= 0.3 is 5.97 Å². The molecule has 0 radical (unpaired) electrons. The summed E-state index contributed by atoms with van der Waals surface area (Å²) < 4.78 is 14.8. The molecule has 19 heavy (non-hydrogen) atoms. The minimum Gasteiger partial charge on any atom is -0.481 e. The Balaban J connectivity index is 1.96. The van der Waals surface area contributed by atoms with E-state index in [0.29, 0.717) is 18.1 Å². The fourth-order valence-corrected chi connectivity index (χ4v) is 2.24. The Kier molecular flexibility index (Phi) is 4.51. The molecule has 1 aromatic heterocycles. The number of benzene rings is 1. The van der Waals surface area contributed by atoms with E-state index >= 15 is 0 Å². The SMILES string of the molecule is O=C(O)CSc1nncn1CCc1cccc(F)c1. The minimum absolute atomic E-state index is 0.0569. The van der Waals surface area contributed by atoms with Crippen LogP contribution in [0.3, 0.4) is 0 Å². The summed E-state index contributed by atoms with van der Waals surface area (Å²) >= 11 is 1.12. The molecule has 0 bridgehead atoms. The molecule has 2 aromatic rings. The lowest BCUT2D eigenvalue weighted by Crippen LogP contribution is -2.04. The first-order valence-electron chi connectivity index (χ1n) is 5.62. The molecule has 2 rings (SSSR count). The number of nitrogens with zero attached hydrogens (tertiary/aromatic N) is 3. The number of carboxylic acids is 1. The molecule has 0 fully saturated rings. The summed E-state index contributed by atoms with van der Waals surface area (Å²) in [6.07, 6.45) is 2.18. The third-order valence-corrected chi connectivity index (χ3v) is 3.40. The van der Waals surface area contributed by atoms with Gasteiger partial charge in [-0.25, -0.2) is 4.39 Å². The third-order valence-electron chi connectivity index (χ3n) is 2.44. The van der Waals surface area contributed by atoms with Crippen LogP contribution < -0.4 is 0 Å². The number of aromatic nitrogens is 3. The predicted octanol–water partition coefficient (Wildman–Crippen LogP) is 1.84. The van der Waals surface area contributed by atoms with Crippen molar-refractivity contribution in [2.45, 2.75) is 18.1 Å². The highest BCUT2D eigenvalue weighted by Crippen LogP contribution is 2.15. The summed E-state index contributed by atoms with van der Waals surface area (Å²) in [5.74, 6) is -1.22. The van der Waals surface area contributed by atoms with Gasteiger partial charge in [0.25, 0.3) is 0 Å². The molecule has 0 aliphatic rings. The number of thioether (sulfide) groups is 1. The Morgan fingerprint density at radius 1 is 1.47 bits per heavy atom. The van der Waals surface area contributed by atoms with Crippen molar-refractivity contribution >= 4 is 17.7 Å². The number of hydrogen-bond donors (Lipinski definition) is 1. The second-order valence-electron chi connectivity index (χ2n) is 3.87. The van der Waals surface area contributed by atoms with E-state index < -0.39 is 5.97 Å². The average Bonchev–Trinajstić information content (AvgIpc) is 2.81. The average molecular weight is 281 g/mol. The Bertz CT molecular complexity index is 574. The zero-order valence-electron chi connectivity index (χ0n) is 9.99. The zero-order chi connectivity index (χ0) is 13.7. The Morgan fingerprint density at radius 3 is 3.05 bits per heavy atom. The van der Waals surface area contributed by atoms with E-state index in [-0.39, 0.29) is 11.6 Å². The molecule has 0 saturated carbocycles. The van der Waals surface area contributed by atoms with Crippen LogP contribution in [0, 0.1) is 5.82 Å². The molecule has 0 amide bonds. The van der Waals surface area contributed by atoms with Crippen molar-refractivity contribution in [1.29, 1.82) is 0 Å². The van der Waals surface area contributed by atoms with Gasteiger partial charge < -0.3 is 9.67 Å². The summed E-state index contributed by atoms with van der Waals surface area (Å²) in [5, 5.41) is 16.8. The monoisotopic (exact) mass is 281 g/mol. The molecule has 0 atom stereocenters. The summed E-state index contributed by atoms with van der Waals surface area (Å²) in [6, 6.07) is 6.39. The van der Waals surface area contributed by atoms with Gasteiger partial charge in [-0.15, -0.1) is 10.2 Å². The van der Waals surface area contributed by atoms with Gasteiger partial charge in [-0.2, -0.15) is 0 Å². The van der Waals surface area contributed by atoms with Crippen LogP contribution in [0.25, 0.3) is 0 Å². The maximum absolute atomic E-state index is 13.0. The van der Waals surface area contributed by atoms with Crippen molar-refractivity contribution in [3.8, 4) is 0 Å². The topological polar surface area (TPSA) is 68.0 Å². The lowest BCUT2D eigenvalue weighted by atomic mass is 10.1. The van der Waals surface area contributed by atoms with Crippen molar-refractivity contribution < 1.29 is 14.3 Å². The lowest BCUT2D eigenvalue weighted by Gasteiger charge is -2.05. The van der Waals surface area contributed by atoms with Gasteiger partial charge in [0.15, 0.2) is 5.16 Å².